The van der Waals surface area contributed by atoms with E-state index >= 15 is 0 Å². The van der Waals surface area contributed by atoms with Crippen molar-refractivity contribution in [1.82, 2.24) is 0 Å². The highest BCUT2D eigenvalue weighted by Gasteiger charge is 2.19. The molecule has 0 spiro atoms. The van der Waals surface area contributed by atoms with Gasteiger partial charge in [-0.15, -0.1) is 0 Å². The predicted octanol–water partition coefficient (Wildman–Crippen LogP) is 4.78. The number of allylic oxidation sites excluding steroid dienone is 1. The van der Waals surface area contributed by atoms with Crippen LogP contribution in [-0.2, 0) is 0 Å². The fourth-order valence-electron chi connectivity index (χ4n) is 2.17. The minimum Gasteiger partial charge on any atom is -0.272 e. The largest absolute Gasteiger partial charge is 0.301 e. The molecule has 0 amide bonds. The smallest absolute Gasteiger partial charge is 0.272 e. The van der Waals surface area contributed by atoms with E-state index in [4.69, 9.17) is 0 Å². The standard InChI is InChI=1S/C18H18N4O4/c1-14(7-5-6-10-15-8-3-2-4-9-15)19-20-17-12-11-16(21(23)24)13-18(17)22(25)26/h2-4,6,8-13,20H,5,7H2,1H3/b10-6+,19-14+. The second kappa shape index (κ2) is 9.07. The first-order valence-electron chi connectivity index (χ1n) is 7.91. The van der Waals surface area contributed by atoms with Crippen molar-refractivity contribution in [3.05, 3.63) is 80.4 Å². The molecule has 0 aliphatic heterocycles. The average Bonchev–Trinajstić information content (AvgIpc) is 2.64. The molecule has 1 N–H and O–H groups in total. The quantitative estimate of drug-likeness (QED) is 0.416. The number of rotatable bonds is 8. The highest BCUT2D eigenvalue weighted by molar-refractivity contribution is 5.83. The van der Waals surface area contributed by atoms with Gasteiger partial charge in [-0.2, -0.15) is 5.10 Å². The second-order valence-electron chi connectivity index (χ2n) is 5.53. The summed E-state index contributed by atoms with van der Waals surface area (Å²) in [7, 11) is 0. The molecule has 8 nitrogen and oxygen atoms in total. The summed E-state index contributed by atoms with van der Waals surface area (Å²) in [5.74, 6) is 0. The fraction of sp³-hybridized carbons (Fsp3) is 0.167. The molecule has 0 fully saturated rings. The van der Waals surface area contributed by atoms with Crippen molar-refractivity contribution in [2.75, 3.05) is 5.43 Å². The van der Waals surface area contributed by atoms with Gasteiger partial charge in [-0.25, -0.2) is 0 Å². The second-order valence-corrected chi connectivity index (χ2v) is 5.53. The van der Waals surface area contributed by atoms with Gasteiger partial charge in [0.15, 0.2) is 0 Å². The lowest BCUT2D eigenvalue weighted by Crippen LogP contribution is -2.01. The number of anilines is 1. The van der Waals surface area contributed by atoms with Crippen LogP contribution in [0.1, 0.15) is 25.3 Å². The number of nitro benzene ring substituents is 2. The maximum Gasteiger partial charge on any atom is 0.301 e. The summed E-state index contributed by atoms with van der Waals surface area (Å²) in [6, 6.07) is 13.3. The Labute approximate surface area is 150 Å². The fourth-order valence-corrected chi connectivity index (χ4v) is 2.17. The van der Waals surface area contributed by atoms with Crippen LogP contribution in [0.15, 0.2) is 59.7 Å². The van der Waals surface area contributed by atoms with E-state index in [2.05, 4.69) is 10.5 Å². The third kappa shape index (κ3) is 5.52. The molecule has 0 heterocycles. The summed E-state index contributed by atoms with van der Waals surface area (Å²) in [6.45, 7) is 1.81. The molecule has 26 heavy (non-hydrogen) atoms. The Morgan fingerprint density at radius 2 is 1.85 bits per heavy atom. The van der Waals surface area contributed by atoms with Crippen LogP contribution in [0.4, 0.5) is 17.1 Å². The molecule has 0 saturated heterocycles. The monoisotopic (exact) mass is 354 g/mol. The number of non-ortho nitro benzene ring substituents is 1. The van der Waals surface area contributed by atoms with Crippen molar-refractivity contribution in [3.63, 3.8) is 0 Å². The zero-order valence-corrected chi connectivity index (χ0v) is 14.2. The zero-order valence-electron chi connectivity index (χ0n) is 14.2. The summed E-state index contributed by atoms with van der Waals surface area (Å²) in [5, 5.41) is 25.9. The number of nitrogens with one attached hydrogen (secondary N) is 1. The maximum absolute atomic E-state index is 11.1. The van der Waals surface area contributed by atoms with E-state index < -0.39 is 9.85 Å². The number of hydrazone groups is 1. The first-order valence-corrected chi connectivity index (χ1v) is 7.91. The van der Waals surface area contributed by atoms with Gasteiger partial charge in [0.05, 0.1) is 15.9 Å². The summed E-state index contributed by atoms with van der Waals surface area (Å²) in [4.78, 5) is 20.4. The number of nitro groups is 2. The van der Waals surface area contributed by atoms with Crippen LogP contribution in [0.2, 0.25) is 0 Å². The topological polar surface area (TPSA) is 111 Å². The number of nitrogens with zero attached hydrogens (tertiary/aromatic N) is 3. The molecule has 0 radical (unpaired) electrons. The van der Waals surface area contributed by atoms with E-state index in [1.165, 1.54) is 12.1 Å². The number of hydrogen-bond acceptors (Lipinski definition) is 6. The molecule has 0 atom stereocenters. The molecule has 0 aliphatic carbocycles. The van der Waals surface area contributed by atoms with Gasteiger partial charge < -0.3 is 0 Å². The Morgan fingerprint density at radius 3 is 2.50 bits per heavy atom. The van der Waals surface area contributed by atoms with Gasteiger partial charge in [0.2, 0.25) is 0 Å². The van der Waals surface area contributed by atoms with Crippen LogP contribution in [0.3, 0.4) is 0 Å². The molecule has 2 rings (SSSR count). The van der Waals surface area contributed by atoms with Crippen LogP contribution in [0.5, 0.6) is 0 Å². The van der Waals surface area contributed by atoms with Crippen molar-refractivity contribution in [2.24, 2.45) is 5.10 Å². The van der Waals surface area contributed by atoms with Gasteiger partial charge in [0, 0.05) is 11.8 Å². The van der Waals surface area contributed by atoms with Crippen LogP contribution in [0, 0.1) is 20.2 Å². The van der Waals surface area contributed by atoms with Crippen molar-refractivity contribution < 1.29 is 9.85 Å². The third-order valence-corrected chi connectivity index (χ3v) is 3.54. The Hall–Kier alpha value is -3.55. The highest BCUT2D eigenvalue weighted by Crippen LogP contribution is 2.28. The summed E-state index contributed by atoms with van der Waals surface area (Å²) in [6.07, 6.45) is 5.50. The molecule has 0 aliphatic rings. The molecule has 2 aromatic carbocycles. The van der Waals surface area contributed by atoms with Crippen LogP contribution in [-0.4, -0.2) is 15.6 Å². The van der Waals surface area contributed by atoms with Crippen molar-refractivity contribution >= 4 is 28.8 Å². The molecule has 2 aromatic rings. The molecular formula is C18H18N4O4. The first-order chi connectivity index (χ1) is 12.5. The van der Waals surface area contributed by atoms with E-state index in [1.54, 1.807) is 6.92 Å². The maximum atomic E-state index is 11.1. The van der Waals surface area contributed by atoms with E-state index in [9.17, 15) is 20.2 Å². The van der Waals surface area contributed by atoms with Crippen LogP contribution < -0.4 is 5.43 Å². The molecule has 0 unspecified atom stereocenters. The molecule has 0 saturated carbocycles. The van der Waals surface area contributed by atoms with Gasteiger partial charge >= 0.3 is 5.69 Å². The minimum atomic E-state index is -0.678. The van der Waals surface area contributed by atoms with Gasteiger partial charge in [-0.3, -0.25) is 25.7 Å². The zero-order chi connectivity index (χ0) is 18.9. The first kappa shape index (κ1) is 18.8. The molecule has 0 aromatic heterocycles. The SMILES string of the molecule is C/C(CC/C=C/c1ccccc1)=N\Nc1ccc([N+](=O)[O-])cc1[N+](=O)[O-]. The normalized spacial score (nSPS) is 11.5. The molecule has 134 valence electrons. The van der Waals surface area contributed by atoms with Gasteiger partial charge in [-0.1, -0.05) is 42.5 Å². The van der Waals surface area contributed by atoms with Crippen molar-refractivity contribution in [3.8, 4) is 0 Å². The summed E-state index contributed by atoms with van der Waals surface area (Å²) < 4.78 is 0. The van der Waals surface area contributed by atoms with Gasteiger partial charge in [0.25, 0.3) is 5.69 Å². The van der Waals surface area contributed by atoms with E-state index in [0.717, 1.165) is 23.8 Å². The van der Waals surface area contributed by atoms with Crippen LogP contribution in [0.25, 0.3) is 6.08 Å². The van der Waals surface area contributed by atoms with E-state index in [0.29, 0.717) is 6.42 Å². The number of benzene rings is 2. The van der Waals surface area contributed by atoms with E-state index in [1.807, 2.05) is 42.5 Å². The molecule has 0 bridgehead atoms. The van der Waals surface area contributed by atoms with Crippen LogP contribution >= 0.6 is 0 Å². The lowest BCUT2D eigenvalue weighted by Gasteiger charge is -2.04. The van der Waals surface area contributed by atoms with Crippen molar-refractivity contribution in [1.29, 1.82) is 0 Å². The molecular weight excluding hydrogens is 336 g/mol. The Bertz CT molecular complexity index is 848. The van der Waals surface area contributed by atoms with Gasteiger partial charge in [0.1, 0.15) is 5.69 Å². The Kier molecular flexibility index (Phi) is 6.55. The van der Waals surface area contributed by atoms with Crippen molar-refractivity contribution in [2.45, 2.75) is 19.8 Å². The number of hydrogen-bond donors (Lipinski definition) is 1. The molecule has 8 heteroatoms. The minimum absolute atomic E-state index is 0.111. The predicted molar refractivity (Wildman–Crippen MR) is 101 cm³/mol. The highest BCUT2D eigenvalue weighted by atomic mass is 16.6. The summed E-state index contributed by atoms with van der Waals surface area (Å²) in [5.41, 5.74) is 3.87. The van der Waals surface area contributed by atoms with Gasteiger partial charge in [-0.05, 0) is 31.4 Å². The Morgan fingerprint density at radius 1 is 1.12 bits per heavy atom. The Balaban J connectivity index is 1.96. The van der Waals surface area contributed by atoms with E-state index in [-0.39, 0.29) is 17.1 Å². The summed E-state index contributed by atoms with van der Waals surface area (Å²) >= 11 is 0. The lowest BCUT2D eigenvalue weighted by atomic mass is 10.1. The lowest BCUT2D eigenvalue weighted by molar-refractivity contribution is -0.393. The third-order valence-electron chi connectivity index (χ3n) is 3.54. The average molecular weight is 354 g/mol.